The SMILES string of the molecule is CCc1ccc2c(c1)N(CCCCN)C(=O)C(c1ccccc1)O2. The molecule has 24 heavy (non-hydrogen) atoms. The van der Waals surface area contributed by atoms with Gasteiger partial charge in [-0.3, -0.25) is 4.79 Å². The molecule has 1 aliphatic rings. The fourth-order valence-electron chi connectivity index (χ4n) is 3.01. The Bertz CT molecular complexity index is 700. The second kappa shape index (κ2) is 7.49. The molecule has 0 bridgehead atoms. The zero-order valence-corrected chi connectivity index (χ0v) is 14.1. The van der Waals surface area contributed by atoms with Gasteiger partial charge in [0.15, 0.2) is 0 Å². The van der Waals surface area contributed by atoms with Crippen LogP contribution in [0.1, 0.15) is 37.0 Å². The van der Waals surface area contributed by atoms with Crippen molar-refractivity contribution in [3.8, 4) is 5.75 Å². The number of aryl methyl sites for hydroxylation is 1. The first kappa shape index (κ1) is 16.5. The van der Waals surface area contributed by atoms with E-state index in [9.17, 15) is 4.79 Å². The van der Waals surface area contributed by atoms with E-state index in [-0.39, 0.29) is 5.91 Å². The molecule has 0 saturated carbocycles. The van der Waals surface area contributed by atoms with Gasteiger partial charge in [0.05, 0.1) is 5.69 Å². The molecule has 1 aliphatic heterocycles. The number of benzene rings is 2. The normalized spacial score (nSPS) is 16.7. The Morgan fingerprint density at radius 1 is 1.12 bits per heavy atom. The van der Waals surface area contributed by atoms with Crippen LogP contribution in [0.2, 0.25) is 0 Å². The molecule has 2 aromatic rings. The van der Waals surface area contributed by atoms with E-state index in [0.717, 1.165) is 36.3 Å². The molecular weight excluding hydrogens is 300 g/mol. The molecule has 0 radical (unpaired) electrons. The van der Waals surface area contributed by atoms with Crippen molar-refractivity contribution < 1.29 is 9.53 Å². The lowest BCUT2D eigenvalue weighted by Crippen LogP contribution is -2.41. The summed E-state index contributed by atoms with van der Waals surface area (Å²) in [6, 6.07) is 15.8. The predicted octanol–water partition coefficient (Wildman–Crippen LogP) is 3.45. The molecule has 0 aromatic heterocycles. The highest BCUT2D eigenvalue weighted by molar-refractivity contribution is 6.00. The average molecular weight is 324 g/mol. The molecule has 0 fully saturated rings. The number of carbonyl (C=O) groups excluding carboxylic acids is 1. The zero-order chi connectivity index (χ0) is 16.9. The lowest BCUT2D eigenvalue weighted by Gasteiger charge is -2.35. The van der Waals surface area contributed by atoms with E-state index >= 15 is 0 Å². The first-order valence-corrected chi connectivity index (χ1v) is 8.60. The van der Waals surface area contributed by atoms with Gasteiger partial charge in [0.1, 0.15) is 5.75 Å². The number of anilines is 1. The molecule has 0 saturated heterocycles. The van der Waals surface area contributed by atoms with E-state index in [4.69, 9.17) is 10.5 Å². The fraction of sp³-hybridized carbons (Fsp3) is 0.350. The number of amides is 1. The summed E-state index contributed by atoms with van der Waals surface area (Å²) in [7, 11) is 0. The maximum atomic E-state index is 13.1. The molecule has 0 spiro atoms. The van der Waals surface area contributed by atoms with Crippen molar-refractivity contribution in [3.05, 3.63) is 59.7 Å². The minimum Gasteiger partial charge on any atom is -0.474 e. The summed E-state index contributed by atoms with van der Waals surface area (Å²) in [5.74, 6) is 0.771. The maximum absolute atomic E-state index is 13.1. The first-order chi connectivity index (χ1) is 11.7. The van der Waals surface area contributed by atoms with E-state index in [0.29, 0.717) is 13.1 Å². The molecule has 3 rings (SSSR count). The molecule has 2 N–H and O–H groups in total. The van der Waals surface area contributed by atoms with Gasteiger partial charge in [-0.25, -0.2) is 0 Å². The van der Waals surface area contributed by atoms with Crippen LogP contribution >= 0.6 is 0 Å². The molecule has 126 valence electrons. The van der Waals surface area contributed by atoms with Crippen LogP contribution in [0, 0.1) is 0 Å². The summed E-state index contributed by atoms with van der Waals surface area (Å²) >= 11 is 0. The van der Waals surface area contributed by atoms with Gasteiger partial charge < -0.3 is 15.4 Å². The number of carbonyl (C=O) groups is 1. The first-order valence-electron chi connectivity index (χ1n) is 8.60. The van der Waals surface area contributed by atoms with Gasteiger partial charge in [-0.1, -0.05) is 43.3 Å². The Morgan fingerprint density at radius 2 is 1.92 bits per heavy atom. The summed E-state index contributed by atoms with van der Waals surface area (Å²) < 4.78 is 6.05. The minimum atomic E-state index is -0.580. The van der Waals surface area contributed by atoms with Gasteiger partial charge in [-0.15, -0.1) is 0 Å². The van der Waals surface area contributed by atoms with Crippen molar-refractivity contribution in [1.82, 2.24) is 0 Å². The van der Waals surface area contributed by atoms with Crippen LogP contribution in [0.3, 0.4) is 0 Å². The third-order valence-corrected chi connectivity index (χ3v) is 4.40. The second-order valence-corrected chi connectivity index (χ2v) is 6.05. The van der Waals surface area contributed by atoms with Gasteiger partial charge in [0.2, 0.25) is 6.10 Å². The molecule has 0 aliphatic carbocycles. The Balaban J connectivity index is 1.96. The number of nitrogens with two attached hydrogens (primary N) is 1. The Hall–Kier alpha value is -2.33. The van der Waals surface area contributed by atoms with Crippen LogP contribution in [0.15, 0.2) is 48.5 Å². The predicted molar refractivity (Wildman–Crippen MR) is 96.3 cm³/mol. The van der Waals surface area contributed by atoms with Crippen molar-refractivity contribution in [2.45, 2.75) is 32.3 Å². The highest BCUT2D eigenvalue weighted by Crippen LogP contribution is 2.39. The molecule has 4 nitrogen and oxygen atoms in total. The van der Waals surface area contributed by atoms with Gasteiger partial charge in [0, 0.05) is 12.1 Å². The standard InChI is InChI=1S/C20H24N2O2/c1-2-15-10-11-18-17(14-15)22(13-7-6-12-21)20(23)19(24-18)16-8-4-3-5-9-16/h3-5,8-11,14,19H,2,6-7,12-13,21H2,1H3. The molecule has 1 unspecified atom stereocenters. The summed E-state index contributed by atoms with van der Waals surface area (Å²) in [5.41, 5.74) is 8.57. The zero-order valence-electron chi connectivity index (χ0n) is 14.1. The van der Waals surface area contributed by atoms with E-state index in [1.807, 2.05) is 41.3 Å². The van der Waals surface area contributed by atoms with Crippen LogP contribution in [0.25, 0.3) is 0 Å². The highest BCUT2D eigenvalue weighted by atomic mass is 16.5. The van der Waals surface area contributed by atoms with Crippen molar-refractivity contribution in [3.63, 3.8) is 0 Å². The van der Waals surface area contributed by atoms with Crippen molar-refractivity contribution >= 4 is 11.6 Å². The summed E-state index contributed by atoms with van der Waals surface area (Å²) in [5, 5.41) is 0. The third-order valence-electron chi connectivity index (χ3n) is 4.40. The van der Waals surface area contributed by atoms with Crippen LogP contribution in [-0.2, 0) is 11.2 Å². The lowest BCUT2D eigenvalue weighted by molar-refractivity contribution is -0.126. The molecule has 4 heteroatoms. The van der Waals surface area contributed by atoms with Crippen molar-refractivity contribution in [2.75, 3.05) is 18.0 Å². The molecule has 1 amide bonds. The van der Waals surface area contributed by atoms with E-state index in [1.54, 1.807) is 0 Å². The number of ether oxygens (including phenoxy) is 1. The lowest BCUT2D eigenvalue weighted by atomic mass is 10.0. The topological polar surface area (TPSA) is 55.6 Å². The molecule has 1 heterocycles. The molecular formula is C20H24N2O2. The second-order valence-electron chi connectivity index (χ2n) is 6.05. The number of rotatable bonds is 6. The average Bonchev–Trinajstić information content (AvgIpc) is 2.63. The Labute approximate surface area is 143 Å². The Morgan fingerprint density at radius 3 is 2.62 bits per heavy atom. The Kier molecular flexibility index (Phi) is 5.16. The number of hydrogen-bond donors (Lipinski definition) is 1. The minimum absolute atomic E-state index is 0.000950. The summed E-state index contributed by atoms with van der Waals surface area (Å²) in [4.78, 5) is 14.9. The fourth-order valence-corrected chi connectivity index (χ4v) is 3.01. The third kappa shape index (κ3) is 3.29. The van der Waals surface area contributed by atoms with Gasteiger partial charge in [-0.2, -0.15) is 0 Å². The van der Waals surface area contributed by atoms with Gasteiger partial charge in [-0.05, 0) is 43.5 Å². The van der Waals surface area contributed by atoms with Crippen LogP contribution in [-0.4, -0.2) is 19.0 Å². The van der Waals surface area contributed by atoms with E-state index in [1.165, 1.54) is 5.56 Å². The van der Waals surface area contributed by atoms with E-state index < -0.39 is 6.10 Å². The number of hydrogen-bond acceptors (Lipinski definition) is 3. The van der Waals surface area contributed by atoms with Crippen molar-refractivity contribution in [2.24, 2.45) is 5.73 Å². The van der Waals surface area contributed by atoms with Crippen LogP contribution < -0.4 is 15.4 Å². The van der Waals surface area contributed by atoms with Crippen molar-refractivity contribution in [1.29, 1.82) is 0 Å². The highest BCUT2D eigenvalue weighted by Gasteiger charge is 2.35. The summed E-state index contributed by atoms with van der Waals surface area (Å²) in [6.07, 6.45) is 2.15. The van der Waals surface area contributed by atoms with Crippen LogP contribution in [0.5, 0.6) is 5.75 Å². The quantitative estimate of drug-likeness (QED) is 0.828. The van der Waals surface area contributed by atoms with Gasteiger partial charge in [0.25, 0.3) is 5.91 Å². The monoisotopic (exact) mass is 324 g/mol. The van der Waals surface area contributed by atoms with Gasteiger partial charge >= 0.3 is 0 Å². The number of fused-ring (bicyclic) bond motifs is 1. The van der Waals surface area contributed by atoms with E-state index in [2.05, 4.69) is 19.1 Å². The molecule has 2 aromatic carbocycles. The number of nitrogens with zero attached hydrogens (tertiary/aromatic N) is 1. The summed E-state index contributed by atoms with van der Waals surface area (Å²) in [6.45, 7) is 3.42. The molecule has 1 atom stereocenters. The largest absolute Gasteiger partial charge is 0.474 e. The maximum Gasteiger partial charge on any atom is 0.272 e. The smallest absolute Gasteiger partial charge is 0.272 e. The van der Waals surface area contributed by atoms with Crippen LogP contribution in [0.4, 0.5) is 5.69 Å². The number of unbranched alkanes of at least 4 members (excludes halogenated alkanes) is 1.